The summed E-state index contributed by atoms with van der Waals surface area (Å²) in [5.41, 5.74) is 1.40. The van der Waals surface area contributed by atoms with Crippen molar-refractivity contribution in [3.8, 4) is 17.5 Å². The lowest BCUT2D eigenvalue weighted by Gasteiger charge is -2.23. The molecule has 0 radical (unpaired) electrons. The molecule has 4 N–H and O–H groups in total. The highest BCUT2D eigenvalue weighted by atomic mass is 16.3. The third kappa shape index (κ3) is 4.99. The van der Waals surface area contributed by atoms with Crippen molar-refractivity contribution in [3.63, 3.8) is 0 Å². The molecule has 4 aromatic heterocycles. The normalized spacial score (nSPS) is 15.1. The first kappa shape index (κ1) is 23.7. The van der Waals surface area contributed by atoms with E-state index in [1.807, 2.05) is 0 Å². The maximum atomic E-state index is 11.9. The van der Waals surface area contributed by atoms with Gasteiger partial charge in [-0.3, -0.25) is 4.79 Å². The van der Waals surface area contributed by atoms with Crippen LogP contribution in [0.3, 0.4) is 0 Å². The Labute approximate surface area is 205 Å². The fourth-order valence-corrected chi connectivity index (χ4v) is 3.87. The Balaban J connectivity index is 1.56. The van der Waals surface area contributed by atoms with Crippen LogP contribution in [0.5, 0.6) is 0 Å². The SMILES string of the molecule is CNC(=O)CCC([C@@H](O)CO)n1cnc2c(NCC3CC3)nc(-n3cc(-c4ncccn4)nn3)nc21. The van der Waals surface area contributed by atoms with E-state index in [0.717, 1.165) is 19.4 Å². The van der Waals surface area contributed by atoms with Crippen molar-refractivity contribution in [1.29, 1.82) is 0 Å². The van der Waals surface area contributed by atoms with Crippen molar-refractivity contribution in [1.82, 2.24) is 49.8 Å². The average molecular weight is 494 g/mol. The Hall–Kier alpha value is -4.04. The Morgan fingerprint density at radius 3 is 2.75 bits per heavy atom. The van der Waals surface area contributed by atoms with Crippen LogP contribution in [0, 0.1) is 5.92 Å². The molecule has 4 heterocycles. The number of rotatable bonds is 11. The van der Waals surface area contributed by atoms with Crippen molar-refractivity contribution in [2.24, 2.45) is 5.92 Å². The van der Waals surface area contributed by atoms with E-state index in [-0.39, 0.29) is 24.7 Å². The average Bonchev–Trinajstić information content (AvgIpc) is 3.44. The van der Waals surface area contributed by atoms with Gasteiger partial charge >= 0.3 is 0 Å². The number of nitrogens with one attached hydrogen (secondary N) is 2. The van der Waals surface area contributed by atoms with E-state index in [2.05, 4.69) is 45.9 Å². The standard InChI is InChI=1S/C22H27N11O3/c1-23-17(36)6-5-15(16(35)11-34)32-12-27-18-20(26-9-13-3-4-13)28-22(29-21(18)32)33-10-14(30-31-33)19-24-7-2-8-25-19/h2,7-8,10,12-13,15-16,34-35H,3-6,9,11H2,1H3,(H,23,36)(H,26,28,29)/t15?,16-/m0/s1. The molecule has 14 nitrogen and oxygen atoms in total. The van der Waals surface area contributed by atoms with Gasteiger partial charge in [-0.2, -0.15) is 14.6 Å². The van der Waals surface area contributed by atoms with Gasteiger partial charge in [0.25, 0.3) is 5.95 Å². The first-order chi connectivity index (χ1) is 17.6. The van der Waals surface area contributed by atoms with E-state index in [4.69, 9.17) is 0 Å². The Bertz CT molecular complexity index is 1340. The predicted molar refractivity (Wildman–Crippen MR) is 128 cm³/mol. The van der Waals surface area contributed by atoms with E-state index < -0.39 is 18.8 Å². The van der Waals surface area contributed by atoms with Crippen molar-refractivity contribution in [3.05, 3.63) is 31.0 Å². The minimum atomic E-state index is -1.12. The van der Waals surface area contributed by atoms with Gasteiger partial charge in [-0.25, -0.2) is 15.0 Å². The molecule has 0 aliphatic heterocycles. The Kier molecular flexibility index (Phi) is 6.77. The smallest absolute Gasteiger partial charge is 0.256 e. The summed E-state index contributed by atoms with van der Waals surface area (Å²) in [7, 11) is 1.55. The zero-order valence-corrected chi connectivity index (χ0v) is 19.7. The van der Waals surface area contributed by atoms with Gasteiger partial charge in [-0.05, 0) is 31.2 Å². The molecule has 0 aromatic carbocycles. The van der Waals surface area contributed by atoms with Crippen LogP contribution in [-0.2, 0) is 4.79 Å². The molecular formula is C22H27N11O3. The predicted octanol–water partition coefficient (Wildman–Crippen LogP) is 0.106. The maximum Gasteiger partial charge on any atom is 0.256 e. The summed E-state index contributed by atoms with van der Waals surface area (Å²) in [6, 6.07) is 1.08. The fourth-order valence-electron chi connectivity index (χ4n) is 3.87. The minimum absolute atomic E-state index is 0.159. The van der Waals surface area contributed by atoms with Gasteiger partial charge in [0.2, 0.25) is 5.91 Å². The highest BCUT2D eigenvalue weighted by molar-refractivity contribution is 5.84. The number of imidazole rings is 1. The molecule has 36 heavy (non-hydrogen) atoms. The van der Waals surface area contributed by atoms with Crippen LogP contribution < -0.4 is 10.6 Å². The van der Waals surface area contributed by atoms with Crippen LogP contribution in [0.4, 0.5) is 5.82 Å². The van der Waals surface area contributed by atoms with Crippen molar-refractivity contribution in [2.45, 2.75) is 37.8 Å². The summed E-state index contributed by atoms with van der Waals surface area (Å²) in [6.45, 7) is 0.268. The molecule has 4 aromatic rings. The summed E-state index contributed by atoms with van der Waals surface area (Å²) < 4.78 is 3.09. The van der Waals surface area contributed by atoms with Crippen molar-refractivity contribution >= 4 is 22.9 Å². The van der Waals surface area contributed by atoms with Gasteiger partial charge in [0, 0.05) is 32.4 Å². The topological polar surface area (TPSA) is 182 Å². The summed E-state index contributed by atoms with van der Waals surface area (Å²) >= 11 is 0. The number of carbonyl (C=O) groups is 1. The van der Waals surface area contributed by atoms with Gasteiger partial charge in [-0.1, -0.05) is 5.21 Å². The minimum Gasteiger partial charge on any atom is -0.394 e. The lowest BCUT2D eigenvalue weighted by molar-refractivity contribution is -0.121. The third-order valence-corrected chi connectivity index (χ3v) is 6.09. The number of aliphatic hydroxyl groups is 2. The number of hydrogen-bond donors (Lipinski definition) is 4. The van der Waals surface area contributed by atoms with Gasteiger partial charge in [0.1, 0.15) is 0 Å². The van der Waals surface area contributed by atoms with Gasteiger partial charge < -0.3 is 25.4 Å². The zero-order chi connectivity index (χ0) is 25.1. The molecule has 1 fully saturated rings. The monoisotopic (exact) mass is 493 g/mol. The van der Waals surface area contributed by atoms with Crippen molar-refractivity contribution in [2.75, 3.05) is 25.5 Å². The van der Waals surface area contributed by atoms with Gasteiger partial charge in [0.05, 0.1) is 31.3 Å². The highest BCUT2D eigenvalue weighted by Crippen LogP contribution is 2.31. The largest absolute Gasteiger partial charge is 0.394 e. The Morgan fingerprint density at radius 2 is 2.03 bits per heavy atom. The molecule has 0 spiro atoms. The van der Waals surface area contributed by atoms with Gasteiger partial charge in [0.15, 0.2) is 28.5 Å². The van der Waals surface area contributed by atoms with Crippen LogP contribution in [0.2, 0.25) is 0 Å². The van der Waals surface area contributed by atoms with Crippen LogP contribution in [-0.4, -0.2) is 86.9 Å². The van der Waals surface area contributed by atoms with Crippen LogP contribution >= 0.6 is 0 Å². The summed E-state index contributed by atoms with van der Waals surface area (Å²) in [5.74, 6) is 1.60. The molecule has 0 bridgehead atoms. The molecule has 1 saturated carbocycles. The molecule has 1 aliphatic carbocycles. The molecule has 188 valence electrons. The van der Waals surface area contributed by atoms with E-state index >= 15 is 0 Å². The number of amides is 1. The molecule has 0 saturated heterocycles. The van der Waals surface area contributed by atoms with Crippen LogP contribution in [0.1, 0.15) is 31.7 Å². The zero-order valence-electron chi connectivity index (χ0n) is 19.7. The summed E-state index contributed by atoms with van der Waals surface area (Å²) in [6.07, 6.45) is 8.05. The number of hydrogen-bond acceptors (Lipinski definition) is 11. The molecule has 1 aliphatic rings. The lowest BCUT2D eigenvalue weighted by Crippen LogP contribution is -2.29. The van der Waals surface area contributed by atoms with Gasteiger partial charge in [-0.15, -0.1) is 5.10 Å². The molecular weight excluding hydrogens is 466 g/mol. The van der Waals surface area contributed by atoms with E-state index in [1.54, 1.807) is 42.6 Å². The summed E-state index contributed by atoms with van der Waals surface area (Å²) in [4.78, 5) is 34.1. The van der Waals surface area contributed by atoms with E-state index in [9.17, 15) is 15.0 Å². The van der Waals surface area contributed by atoms with E-state index in [1.165, 1.54) is 4.68 Å². The second-order valence-electron chi connectivity index (χ2n) is 8.67. The second-order valence-corrected chi connectivity index (χ2v) is 8.67. The third-order valence-electron chi connectivity index (χ3n) is 6.09. The first-order valence-corrected chi connectivity index (χ1v) is 11.8. The summed E-state index contributed by atoms with van der Waals surface area (Å²) in [5, 5.41) is 34.5. The van der Waals surface area contributed by atoms with Crippen molar-refractivity contribution < 1.29 is 15.0 Å². The quantitative estimate of drug-likeness (QED) is 0.222. The lowest BCUT2D eigenvalue weighted by atomic mass is 10.1. The second kappa shape index (κ2) is 10.3. The number of nitrogens with zero attached hydrogens (tertiary/aromatic N) is 9. The first-order valence-electron chi connectivity index (χ1n) is 11.8. The van der Waals surface area contributed by atoms with Crippen LogP contribution in [0.25, 0.3) is 28.6 Å². The number of carbonyl (C=O) groups excluding carboxylic acids is 1. The number of fused-ring (bicyclic) bond motifs is 1. The molecule has 14 heteroatoms. The highest BCUT2D eigenvalue weighted by Gasteiger charge is 2.27. The Morgan fingerprint density at radius 1 is 1.22 bits per heavy atom. The number of anilines is 1. The number of aliphatic hydroxyl groups excluding tert-OH is 2. The molecule has 1 amide bonds. The maximum absolute atomic E-state index is 11.9. The fraction of sp³-hybridized carbons (Fsp3) is 0.455. The van der Waals surface area contributed by atoms with E-state index in [0.29, 0.717) is 34.4 Å². The molecule has 2 atom stereocenters. The number of aromatic nitrogens is 9. The molecule has 5 rings (SSSR count). The molecule has 1 unspecified atom stereocenters. The van der Waals surface area contributed by atoms with Crippen LogP contribution in [0.15, 0.2) is 31.0 Å².